The van der Waals surface area contributed by atoms with Crippen LogP contribution in [0, 0.1) is 11.8 Å². The first kappa shape index (κ1) is 5.59. The summed E-state index contributed by atoms with van der Waals surface area (Å²) in [6.45, 7) is 0. The minimum absolute atomic E-state index is 0.712. The lowest BCUT2D eigenvalue weighted by Gasteiger charge is -2.31. The van der Waals surface area contributed by atoms with Crippen LogP contribution in [0.15, 0.2) is 0 Å². The van der Waals surface area contributed by atoms with Crippen molar-refractivity contribution in [3.63, 3.8) is 0 Å². The summed E-state index contributed by atoms with van der Waals surface area (Å²) in [7, 11) is 0. The molecule has 1 saturated heterocycles. The van der Waals surface area contributed by atoms with Gasteiger partial charge in [0.2, 0.25) is 0 Å². The van der Waals surface area contributed by atoms with Crippen molar-refractivity contribution >= 4 is 0 Å². The average molecular weight is 138 g/mol. The molecule has 2 aliphatic carbocycles. The van der Waals surface area contributed by atoms with Gasteiger partial charge in [-0.25, -0.2) is 0 Å². The highest BCUT2D eigenvalue weighted by Gasteiger charge is 2.50. The Kier molecular flexibility index (Phi) is 0.984. The van der Waals surface area contributed by atoms with Crippen LogP contribution in [0.25, 0.3) is 0 Å². The Bertz CT molecular complexity index is 155. The molecule has 1 heteroatoms. The van der Waals surface area contributed by atoms with Crippen LogP contribution in [0.4, 0.5) is 0 Å². The highest BCUT2D eigenvalue weighted by molar-refractivity contribution is 4.99. The molecule has 0 aromatic carbocycles. The predicted octanol–water partition coefficient (Wildman–Crippen LogP) is 1.96. The number of ether oxygens (including phenoxy) is 1. The zero-order valence-electron chi connectivity index (χ0n) is 6.25. The molecule has 3 aliphatic rings. The number of rotatable bonds is 0. The molecule has 2 saturated carbocycles. The van der Waals surface area contributed by atoms with E-state index in [1.54, 1.807) is 0 Å². The third-order valence-electron chi connectivity index (χ3n) is 3.48. The minimum Gasteiger partial charge on any atom is -0.369 e. The van der Waals surface area contributed by atoms with Crippen LogP contribution in [0.3, 0.4) is 0 Å². The topological polar surface area (TPSA) is 12.5 Å². The van der Waals surface area contributed by atoms with Crippen LogP contribution in [0.2, 0.25) is 0 Å². The highest BCUT2D eigenvalue weighted by atomic mass is 16.6. The van der Waals surface area contributed by atoms with Crippen LogP contribution < -0.4 is 0 Å². The molecule has 1 heterocycles. The molecule has 0 radical (unpaired) electrons. The molecule has 1 nitrogen and oxygen atoms in total. The van der Waals surface area contributed by atoms with Crippen molar-refractivity contribution < 1.29 is 4.74 Å². The average Bonchev–Trinajstić information content (AvgIpc) is 2.68. The van der Waals surface area contributed by atoms with E-state index < -0.39 is 0 Å². The molecule has 4 unspecified atom stereocenters. The summed E-state index contributed by atoms with van der Waals surface area (Å²) in [5.41, 5.74) is 0. The van der Waals surface area contributed by atoms with Crippen LogP contribution >= 0.6 is 0 Å². The molecular weight excluding hydrogens is 124 g/mol. The van der Waals surface area contributed by atoms with Gasteiger partial charge in [-0.15, -0.1) is 0 Å². The summed E-state index contributed by atoms with van der Waals surface area (Å²) in [4.78, 5) is 0. The van der Waals surface area contributed by atoms with E-state index in [0.29, 0.717) is 6.10 Å². The first-order chi connectivity index (χ1) is 4.93. The summed E-state index contributed by atoms with van der Waals surface area (Å²) < 4.78 is 5.59. The fraction of sp³-hybridized carbons (Fsp3) is 1.00. The van der Waals surface area contributed by atoms with Gasteiger partial charge in [-0.3, -0.25) is 0 Å². The Morgan fingerprint density at radius 2 is 2.10 bits per heavy atom. The lowest BCUT2D eigenvalue weighted by molar-refractivity contribution is 0.213. The van der Waals surface area contributed by atoms with Crippen molar-refractivity contribution in [1.82, 2.24) is 0 Å². The van der Waals surface area contributed by atoms with Gasteiger partial charge in [0.25, 0.3) is 0 Å². The van der Waals surface area contributed by atoms with Crippen LogP contribution in [-0.2, 0) is 4.74 Å². The van der Waals surface area contributed by atoms with E-state index in [1.165, 1.54) is 32.1 Å². The second kappa shape index (κ2) is 1.76. The molecule has 1 aliphatic heterocycles. The number of epoxide rings is 1. The van der Waals surface area contributed by atoms with E-state index >= 15 is 0 Å². The number of hydrogen-bond donors (Lipinski definition) is 0. The zero-order valence-corrected chi connectivity index (χ0v) is 6.25. The largest absolute Gasteiger partial charge is 0.369 e. The first-order valence-electron chi connectivity index (χ1n) is 4.59. The Morgan fingerprint density at radius 3 is 3.10 bits per heavy atom. The molecule has 2 bridgehead atoms. The Hall–Kier alpha value is -0.0400. The van der Waals surface area contributed by atoms with Crippen molar-refractivity contribution in [3.05, 3.63) is 0 Å². The van der Waals surface area contributed by atoms with Crippen molar-refractivity contribution in [2.45, 2.75) is 44.3 Å². The predicted molar refractivity (Wildman–Crippen MR) is 38.7 cm³/mol. The third-order valence-corrected chi connectivity index (χ3v) is 3.48. The van der Waals surface area contributed by atoms with Gasteiger partial charge in [-0.1, -0.05) is 12.8 Å². The van der Waals surface area contributed by atoms with E-state index in [2.05, 4.69) is 0 Å². The maximum atomic E-state index is 5.59. The van der Waals surface area contributed by atoms with E-state index in [-0.39, 0.29) is 0 Å². The number of hydrogen-bond acceptors (Lipinski definition) is 1. The first-order valence-corrected chi connectivity index (χ1v) is 4.59. The van der Waals surface area contributed by atoms with Crippen molar-refractivity contribution in [3.8, 4) is 0 Å². The summed E-state index contributed by atoms with van der Waals surface area (Å²) in [5, 5.41) is 0. The molecule has 3 fully saturated rings. The second-order valence-corrected chi connectivity index (χ2v) is 4.17. The maximum absolute atomic E-state index is 5.59. The van der Waals surface area contributed by atoms with Crippen molar-refractivity contribution in [1.29, 1.82) is 0 Å². The van der Waals surface area contributed by atoms with E-state index in [1.807, 2.05) is 0 Å². The lowest BCUT2D eigenvalue weighted by atomic mass is 9.72. The summed E-state index contributed by atoms with van der Waals surface area (Å²) >= 11 is 0. The standard InChI is InChI=1S/C9H14O/c1-2-6-4-7(3-1)9-8(5-6)10-9/h6-9H,1-5H2. The Morgan fingerprint density at radius 1 is 1.10 bits per heavy atom. The molecule has 0 spiro atoms. The molecule has 10 heavy (non-hydrogen) atoms. The molecule has 3 rings (SSSR count). The quantitative estimate of drug-likeness (QED) is 0.466. The van der Waals surface area contributed by atoms with Gasteiger partial charge in [0.05, 0.1) is 12.2 Å². The van der Waals surface area contributed by atoms with Gasteiger partial charge in [0.1, 0.15) is 0 Å². The normalized spacial score (nSPS) is 57.6. The van der Waals surface area contributed by atoms with Crippen LogP contribution in [0.5, 0.6) is 0 Å². The van der Waals surface area contributed by atoms with Gasteiger partial charge in [0.15, 0.2) is 0 Å². The van der Waals surface area contributed by atoms with Gasteiger partial charge in [-0.05, 0) is 31.1 Å². The highest BCUT2D eigenvalue weighted by Crippen LogP contribution is 2.49. The summed E-state index contributed by atoms with van der Waals surface area (Å²) in [6.07, 6.45) is 8.73. The molecule has 0 amide bonds. The van der Waals surface area contributed by atoms with Crippen LogP contribution in [0.1, 0.15) is 32.1 Å². The molecule has 4 atom stereocenters. The Labute approximate surface area is 61.8 Å². The minimum atomic E-state index is 0.712. The van der Waals surface area contributed by atoms with Gasteiger partial charge in [0, 0.05) is 0 Å². The lowest BCUT2D eigenvalue weighted by Crippen LogP contribution is -2.27. The van der Waals surface area contributed by atoms with Gasteiger partial charge >= 0.3 is 0 Å². The third kappa shape index (κ3) is 0.672. The molecular formula is C9H14O. The zero-order chi connectivity index (χ0) is 6.55. The fourth-order valence-electron chi connectivity index (χ4n) is 2.93. The SMILES string of the molecule is C1CC2CC(C1)C1OC1C2. The van der Waals surface area contributed by atoms with Gasteiger partial charge < -0.3 is 4.74 Å². The second-order valence-electron chi connectivity index (χ2n) is 4.17. The summed E-state index contributed by atoms with van der Waals surface area (Å²) in [5.74, 6) is 2.01. The van der Waals surface area contributed by atoms with E-state index in [9.17, 15) is 0 Å². The van der Waals surface area contributed by atoms with Crippen LogP contribution in [-0.4, -0.2) is 12.2 Å². The van der Waals surface area contributed by atoms with Gasteiger partial charge in [-0.2, -0.15) is 0 Å². The summed E-state index contributed by atoms with van der Waals surface area (Å²) in [6, 6.07) is 0. The van der Waals surface area contributed by atoms with E-state index in [0.717, 1.165) is 17.9 Å². The molecule has 0 N–H and O–H groups in total. The molecule has 0 aromatic rings. The smallest absolute Gasteiger partial charge is 0.0870 e. The van der Waals surface area contributed by atoms with Crippen molar-refractivity contribution in [2.75, 3.05) is 0 Å². The Balaban J connectivity index is 1.82. The van der Waals surface area contributed by atoms with Crippen molar-refractivity contribution in [2.24, 2.45) is 11.8 Å². The van der Waals surface area contributed by atoms with E-state index in [4.69, 9.17) is 4.74 Å². The molecule has 56 valence electrons. The fourth-order valence-corrected chi connectivity index (χ4v) is 2.93. The number of fused-ring (bicyclic) bond motifs is 4. The molecule has 0 aromatic heterocycles. The maximum Gasteiger partial charge on any atom is 0.0870 e. The monoisotopic (exact) mass is 138 g/mol.